The van der Waals surface area contributed by atoms with Gasteiger partial charge in [-0.1, -0.05) is 39.8 Å². The van der Waals surface area contributed by atoms with Gasteiger partial charge in [-0.05, 0) is 67.0 Å². The molecule has 3 rings (SSSR count). The summed E-state index contributed by atoms with van der Waals surface area (Å²) in [5.74, 6) is -2.71. The van der Waals surface area contributed by atoms with Crippen LogP contribution in [0.4, 0.5) is 14.5 Å². The van der Waals surface area contributed by atoms with Crippen LogP contribution in [-0.4, -0.2) is 59.7 Å². The quantitative estimate of drug-likeness (QED) is 0.365. The number of benzene rings is 2. The minimum Gasteiger partial charge on any atom is -0.397 e. The molecule has 0 bridgehead atoms. The van der Waals surface area contributed by atoms with E-state index in [-0.39, 0.29) is 38.4 Å². The van der Waals surface area contributed by atoms with E-state index in [4.69, 9.17) is 5.11 Å². The van der Waals surface area contributed by atoms with Crippen molar-refractivity contribution in [2.45, 2.75) is 53.5 Å². The summed E-state index contributed by atoms with van der Waals surface area (Å²) in [5.41, 5.74) is 1.51. The maximum atomic E-state index is 13.0. The molecule has 2 atom stereocenters. The number of hydrogen-bond donors (Lipinski definition) is 4. The SMILES string of the molecule is CC(C)(C)C.CCO.CS.N#CC1CC(C(=O)Nc2ccc(F)cc2)CN1C(=O)CNC(=O)Cc1ccc(F)cc1. The second-order valence-corrected chi connectivity index (χ2v) is 10.5. The van der Waals surface area contributed by atoms with E-state index in [1.54, 1.807) is 13.2 Å². The van der Waals surface area contributed by atoms with Crippen LogP contribution in [0, 0.1) is 34.3 Å². The molecular weight excluding hydrogens is 550 g/mol. The lowest BCUT2D eigenvalue weighted by molar-refractivity contribution is -0.133. The molecule has 0 aromatic heterocycles. The van der Waals surface area contributed by atoms with Gasteiger partial charge in [0.25, 0.3) is 0 Å². The molecule has 0 saturated carbocycles. The molecule has 2 unspecified atom stereocenters. The predicted octanol–water partition coefficient (Wildman–Crippen LogP) is 4.60. The first-order chi connectivity index (χ1) is 19.3. The summed E-state index contributed by atoms with van der Waals surface area (Å²) in [7, 11) is 0. The minimum atomic E-state index is -0.787. The highest BCUT2D eigenvalue weighted by molar-refractivity contribution is 7.79. The number of nitriles is 1. The van der Waals surface area contributed by atoms with Gasteiger partial charge < -0.3 is 20.6 Å². The first kappa shape index (κ1) is 37.5. The van der Waals surface area contributed by atoms with E-state index in [2.05, 4.69) is 51.0 Å². The zero-order valence-electron chi connectivity index (χ0n) is 24.6. The Morgan fingerprint density at radius 1 is 1.02 bits per heavy atom. The Balaban J connectivity index is 0.00000140. The molecule has 1 fully saturated rings. The maximum absolute atomic E-state index is 13.0. The van der Waals surface area contributed by atoms with E-state index in [0.29, 0.717) is 16.7 Å². The molecule has 0 aliphatic carbocycles. The summed E-state index contributed by atoms with van der Waals surface area (Å²) >= 11 is 3.53. The van der Waals surface area contributed by atoms with Crippen LogP contribution in [0.5, 0.6) is 0 Å². The van der Waals surface area contributed by atoms with Crippen LogP contribution < -0.4 is 10.6 Å². The molecule has 3 amide bonds. The third kappa shape index (κ3) is 16.4. The number of rotatable bonds is 6. The second-order valence-electron chi connectivity index (χ2n) is 10.5. The smallest absolute Gasteiger partial charge is 0.243 e. The first-order valence-corrected chi connectivity index (χ1v) is 14.0. The van der Waals surface area contributed by atoms with Gasteiger partial charge in [-0.2, -0.15) is 17.9 Å². The van der Waals surface area contributed by atoms with Crippen LogP contribution in [0.3, 0.4) is 0 Å². The Morgan fingerprint density at radius 3 is 1.95 bits per heavy atom. The summed E-state index contributed by atoms with van der Waals surface area (Å²) in [4.78, 5) is 38.3. The van der Waals surface area contributed by atoms with Crippen LogP contribution in [0.15, 0.2) is 48.5 Å². The zero-order chi connectivity index (χ0) is 31.6. The molecule has 0 spiro atoms. The fourth-order valence-electron chi connectivity index (χ4n) is 3.33. The van der Waals surface area contributed by atoms with Crippen molar-refractivity contribution >= 4 is 36.0 Å². The van der Waals surface area contributed by atoms with Gasteiger partial charge in [0.05, 0.1) is 25.0 Å². The molecule has 1 heterocycles. The third-order valence-corrected chi connectivity index (χ3v) is 4.97. The molecule has 0 radical (unpaired) electrons. The predicted molar refractivity (Wildman–Crippen MR) is 160 cm³/mol. The van der Waals surface area contributed by atoms with Gasteiger partial charge in [-0.3, -0.25) is 14.4 Å². The van der Waals surface area contributed by atoms with Crippen molar-refractivity contribution in [2.24, 2.45) is 11.3 Å². The Bertz CT molecular complexity index is 1110. The largest absolute Gasteiger partial charge is 0.397 e. The number of nitrogens with zero attached hydrogens (tertiary/aromatic N) is 2. The van der Waals surface area contributed by atoms with Crippen LogP contribution in [-0.2, 0) is 20.8 Å². The summed E-state index contributed by atoms with van der Waals surface area (Å²) < 4.78 is 25.9. The number of nitrogens with one attached hydrogen (secondary N) is 2. The minimum absolute atomic E-state index is 0.0159. The summed E-state index contributed by atoms with van der Waals surface area (Å²) in [6, 6.07) is 11.9. The van der Waals surface area contributed by atoms with Crippen molar-refractivity contribution in [3.63, 3.8) is 0 Å². The highest BCUT2D eigenvalue weighted by Gasteiger charge is 2.38. The number of hydrogen-bond acceptors (Lipinski definition) is 6. The van der Waals surface area contributed by atoms with Gasteiger partial charge in [0.15, 0.2) is 0 Å². The molecule has 8 nitrogen and oxygen atoms in total. The molecule has 2 aromatic carbocycles. The van der Waals surface area contributed by atoms with Crippen LogP contribution in [0.25, 0.3) is 0 Å². The van der Waals surface area contributed by atoms with E-state index in [9.17, 15) is 28.4 Å². The van der Waals surface area contributed by atoms with Crippen molar-refractivity contribution in [3.05, 3.63) is 65.7 Å². The van der Waals surface area contributed by atoms with Crippen LogP contribution in [0.2, 0.25) is 0 Å². The molecule has 1 aliphatic heterocycles. The van der Waals surface area contributed by atoms with Crippen molar-refractivity contribution in [3.8, 4) is 6.07 Å². The van der Waals surface area contributed by atoms with Crippen LogP contribution in [0.1, 0.15) is 46.6 Å². The molecule has 41 heavy (non-hydrogen) atoms. The van der Waals surface area contributed by atoms with Crippen molar-refractivity contribution in [1.82, 2.24) is 10.2 Å². The van der Waals surface area contributed by atoms with Crippen LogP contribution >= 0.6 is 12.6 Å². The normalized spacial score (nSPS) is 15.4. The number of aliphatic hydroxyl groups is 1. The maximum Gasteiger partial charge on any atom is 0.243 e. The van der Waals surface area contributed by atoms with E-state index < -0.39 is 35.4 Å². The average molecular weight is 593 g/mol. The topological polar surface area (TPSA) is 123 Å². The Kier molecular flexibility index (Phi) is 17.9. The Morgan fingerprint density at radius 2 is 1.49 bits per heavy atom. The molecule has 2 aromatic rings. The molecule has 3 N–H and O–H groups in total. The highest BCUT2D eigenvalue weighted by atomic mass is 32.1. The number of halogens is 2. The standard InChI is InChI=1S/C22H20F2N4O3.C5H12.C2H6O.CH4S/c23-16-3-1-14(2-4-16)9-20(29)26-12-21(30)28-13-15(10-19(28)11-25)22(31)27-18-7-5-17(24)6-8-18;1-5(2,3)4;1-2-3;1-2/h1-8,15,19H,9-10,12-13H2,(H,26,29)(H,27,31);1-4H3;3H,2H2,1H3;2H,1H3. The van der Waals surface area contributed by atoms with Gasteiger partial charge in [-0.25, -0.2) is 8.78 Å². The van der Waals surface area contributed by atoms with E-state index in [1.165, 1.54) is 53.4 Å². The third-order valence-electron chi connectivity index (χ3n) is 4.97. The van der Waals surface area contributed by atoms with E-state index in [1.807, 2.05) is 6.07 Å². The fraction of sp³-hybridized carbons (Fsp3) is 0.467. The number of carbonyl (C=O) groups is 3. The van der Waals surface area contributed by atoms with Gasteiger partial charge in [0, 0.05) is 18.8 Å². The van der Waals surface area contributed by atoms with Gasteiger partial charge >= 0.3 is 0 Å². The Labute approximate surface area is 247 Å². The molecule has 226 valence electrons. The lowest BCUT2D eigenvalue weighted by atomic mass is 10.0. The molecule has 1 saturated heterocycles. The number of amides is 3. The van der Waals surface area contributed by atoms with Crippen molar-refractivity contribution in [1.29, 1.82) is 5.26 Å². The highest BCUT2D eigenvalue weighted by Crippen LogP contribution is 2.24. The van der Waals surface area contributed by atoms with Gasteiger partial charge in [0.1, 0.15) is 17.7 Å². The van der Waals surface area contributed by atoms with Gasteiger partial charge in [0.2, 0.25) is 17.7 Å². The summed E-state index contributed by atoms with van der Waals surface area (Å²) in [5, 5.41) is 22.1. The number of thiol groups is 1. The summed E-state index contributed by atoms with van der Waals surface area (Å²) in [6.07, 6.45) is 1.84. The lowest BCUT2D eigenvalue weighted by Gasteiger charge is -2.20. The van der Waals surface area contributed by atoms with Crippen molar-refractivity contribution < 1.29 is 28.3 Å². The second kappa shape index (κ2) is 19.6. The molecule has 1 aliphatic rings. The van der Waals surface area contributed by atoms with E-state index in [0.717, 1.165) is 0 Å². The number of likely N-dealkylation sites (tertiary alicyclic amines) is 1. The van der Waals surface area contributed by atoms with Gasteiger partial charge in [-0.15, -0.1) is 0 Å². The first-order valence-electron chi connectivity index (χ1n) is 13.1. The zero-order valence-corrected chi connectivity index (χ0v) is 25.5. The fourth-order valence-corrected chi connectivity index (χ4v) is 3.33. The Hall–Kier alpha value is -3.49. The molecular formula is C30H42F2N4O4S. The van der Waals surface area contributed by atoms with E-state index >= 15 is 0 Å². The number of aliphatic hydroxyl groups excluding tert-OH is 1. The summed E-state index contributed by atoms with van der Waals surface area (Å²) in [6.45, 7) is 10.4. The monoisotopic (exact) mass is 592 g/mol. The average Bonchev–Trinajstić information content (AvgIpc) is 3.36. The molecule has 11 heteroatoms. The lowest BCUT2D eigenvalue weighted by Crippen LogP contribution is -2.43. The number of anilines is 1. The number of carbonyl (C=O) groups excluding carboxylic acids is 3. The van der Waals surface area contributed by atoms with Crippen molar-refractivity contribution in [2.75, 3.05) is 31.3 Å².